The largest absolute Gasteiger partial charge is 1.00 e. The van der Waals surface area contributed by atoms with E-state index < -0.39 is 0 Å². The van der Waals surface area contributed by atoms with Gasteiger partial charge in [0, 0.05) is 11.8 Å². The molecule has 0 atom stereocenters. The molecule has 10 aliphatic rings. The topological polar surface area (TPSA) is 510 Å². The van der Waals surface area contributed by atoms with Crippen LogP contribution in [-0.2, 0) is 31.7 Å². The average molecular weight is 1630 g/mol. The predicted molar refractivity (Wildman–Crippen MR) is 432 cm³/mol. The number of fused-ring (bicyclic) bond motifs is 8. The molecule has 4 aliphatic heterocycles. The fraction of sp³-hybridized carbons (Fsp3) is 0.475. The summed E-state index contributed by atoms with van der Waals surface area (Å²) in [5, 5.41) is 28.3. The number of hydrogen-bond acceptors (Lipinski definition) is 29. The molecule has 0 bridgehead atoms. The van der Waals surface area contributed by atoms with E-state index in [0.29, 0.717) is 91.4 Å². The predicted octanol–water partition coefficient (Wildman–Crippen LogP) is 8.21. The van der Waals surface area contributed by atoms with Crippen LogP contribution in [0.2, 0.25) is 5.15 Å². The van der Waals surface area contributed by atoms with E-state index in [4.69, 9.17) is 62.7 Å². The van der Waals surface area contributed by atoms with E-state index in [1.165, 1.54) is 79.4 Å². The first-order valence-electron chi connectivity index (χ1n) is 39.2. The van der Waals surface area contributed by atoms with Crippen molar-refractivity contribution in [1.29, 1.82) is 0 Å². The van der Waals surface area contributed by atoms with Gasteiger partial charge in [0.2, 0.25) is 34.8 Å². The van der Waals surface area contributed by atoms with Gasteiger partial charge >= 0.3 is 29.6 Å². The van der Waals surface area contributed by atoms with Crippen LogP contribution in [0.5, 0.6) is 23.0 Å². The maximum Gasteiger partial charge on any atom is 1.00 e. The van der Waals surface area contributed by atoms with Crippen molar-refractivity contribution in [2.45, 2.75) is 204 Å². The number of aryl methyl sites for hydroxylation is 4. The molecule has 8 aromatic heterocycles. The molecular weight excluding hydrogens is 1530 g/mol. The molecule has 6 fully saturated rings. The smallest absolute Gasteiger partial charge is 0.870 e. The second-order valence-corrected chi connectivity index (χ2v) is 31.3. The van der Waals surface area contributed by atoms with E-state index >= 15 is 0 Å². The molecule has 0 radical (unpaired) electrons. The van der Waals surface area contributed by atoms with Crippen molar-refractivity contribution in [1.82, 2.24) is 81.1 Å². The molecule has 0 saturated heterocycles. The Kier molecular flexibility index (Phi) is 26.1. The Morgan fingerprint density at radius 2 is 0.632 bits per heavy atom. The van der Waals surface area contributed by atoms with Gasteiger partial charge in [0.05, 0.1) is 95.6 Å². The summed E-state index contributed by atoms with van der Waals surface area (Å²) in [5.74, 6) is 5.88. The van der Waals surface area contributed by atoms with Crippen LogP contribution in [0.15, 0.2) is 49.6 Å². The number of halogens is 1. The summed E-state index contributed by atoms with van der Waals surface area (Å²) >= 11 is 6.03. The van der Waals surface area contributed by atoms with Gasteiger partial charge in [0.25, 0.3) is 23.6 Å². The van der Waals surface area contributed by atoms with Crippen LogP contribution in [0.4, 0.5) is 64.0 Å². The summed E-state index contributed by atoms with van der Waals surface area (Å²) in [6, 6.07) is 7.29. The molecule has 612 valence electrons. The molecule has 35 nitrogen and oxygen atoms in total. The summed E-state index contributed by atoms with van der Waals surface area (Å²) in [5.41, 5.74) is 25.7. The molecule has 117 heavy (non-hydrogen) atoms. The minimum atomic E-state index is -0.383. The minimum absolute atomic E-state index is 0. The first-order valence-corrected chi connectivity index (χ1v) is 39.6. The van der Waals surface area contributed by atoms with Crippen molar-refractivity contribution in [2.24, 2.45) is 11.8 Å². The molecule has 4 spiro atoms. The molecule has 6 amide bonds. The van der Waals surface area contributed by atoms with Gasteiger partial charge < -0.3 is 89.5 Å². The van der Waals surface area contributed by atoms with E-state index in [2.05, 4.69) is 92.7 Å². The van der Waals surface area contributed by atoms with Gasteiger partial charge in [-0.1, -0.05) is 88.7 Å². The second kappa shape index (κ2) is 35.8. The zero-order valence-electron chi connectivity index (χ0n) is 67.3. The molecule has 0 unspecified atom stereocenters. The van der Waals surface area contributed by atoms with E-state index in [9.17, 15) is 28.8 Å². The summed E-state index contributed by atoms with van der Waals surface area (Å²) < 4.78 is 21.1. The number of nitrogens with one attached hydrogen (secondary N) is 9. The Bertz CT molecular complexity index is 4980. The van der Waals surface area contributed by atoms with E-state index in [1.54, 1.807) is 6.07 Å². The van der Waals surface area contributed by atoms with Crippen molar-refractivity contribution in [3.63, 3.8) is 0 Å². The van der Waals surface area contributed by atoms with Crippen LogP contribution in [0.25, 0.3) is 0 Å². The number of nitrogens with two attached hydrogens (primary N) is 3. The Balaban J connectivity index is 0.000000137. The number of amides is 6. The zero-order valence-corrected chi connectivity index (χ0v) is 70.0. The zero-order chi connectivity index (χ0) is 81.1. The fourth-order valence-electron chi connectivity index (χ4n) is 17.1. The van der Waals surface area contributed by atoms with Crippen LogP contribution >= 0.6 is 11.6 Å². The third kappa shape index (κ3) is 17.7. The Morgan fingerprint density at radius 3 is 0.923 bits per heavy atom. The molecule has 37 heteroatoms. The Labute approximate surface area is 703 Å². The Morgan fingerprint density at radius 1 is 0.385 bits per heavy atom. The van der Waals surface area contributed by atoms with Gasteiger partial charge in [-0.3, -0.25) is 28.8 Å². The number of nitrogens with zero attached hydrogens (tertiary/aromatic N) is 12. The normalized spacial score (nSPS) is 17.9. The number of nitrogen functional groups attached to an aromatic ring is 3. The first-order chi connectivity index (χ1) is 55.4. The number of hydrogen-bond donors (Lipinski definition) is 12. The van der Waals surface area contributed by atoms with Crippen molar-refractivity contribution in [3.8, 4) is 23.0 Å². The molecule has 18 rings (SSSR count). The molecule has 16 N–H and O–H groups in total. The number of carbonyl (C=O) groups is 6. The summed E-state index contributed by atoms with van der Waals surface area (Å²) in [6.45, 7) is 7.71. The standard InChI is InChI=1S/C22H26N6O3.2C18H22N6O2.C13H15ClN2O.C9H12N4O2.Na.H2O/c1-12-10-14(25-17-15(12)21(30)28-22(17)8-4-3-5-9-22)26-18-16(31-2)19(24-11-23-18)27-20(29)13-6-7-13;2*1-10-8-11(23-16-13(26-2)15(19)20-9-21-16)22-14-12(10)17(25)24-18(14)6-4-3-5-7-18;1-8-7-9(14)15-11-10(8)12(17)16-13(11)5-3-2-4-6-13;1-15-6-7(10)11-4-12-8(6)13-9(14)5-2-3-5;;/h10-11,13H,3-9H2,1-2H3,(H,28,30)(H2,23,24,25,26,27,29);2*8-9H,3-7H2,1-2H3,(H,24,25)(H3,19,20,21,22,23);7H,2-6H2,1H3,(H,16,17);4-5H,2-3H2,1H3,(H3,10,11,12,13,14);;1H2/q;;;;;+1;/p-1. The summed E-state index contributed by atoms with van der Waals surface area (Å²) in [6.07, 6.45) is 30.2. The number of ether oxygens (including phenoxy) is 4. The molecule has 0 aromatic carbocycles. The third-order valence-electron chi connectivity index (χ3n) is 23.0. The second-order valence-electron chi connectivity index (χ2n) is 30.9. The number of pyridine rings is 4. The average Bonchev–Trinajstić information content (AvgIpc) is 1.61. The van der Waals surface area contributed by atoms with Gasteiger partial charge in [-0.15, -0.1) is 0 Å². The summed E-state index contributed by atoms with van der Waals surface area (Å²) in [7, 11) is 6.00. The number of carbonyl (C=O) groups excluding carboxylic acids is 6. The quantitative estimate of drug-likeness (QED) is 0.0360. The number of anilines is 11. The maximum absolute atomic E-state index is 12.7. The molecular formula is C80H98ClN24NaO11. The van der Waals surface area contributed by atoms with Crippen LogP contribution in [-0.4, -0.2) is 129 Å². The minimum Gasteiger partial charge on any atom is -0.870 e. The van der Waals surface area contributed by atoms with Crippen molar-refractivity contribution in [3.05, 3.63) is 122 Å². The fourth-order valence-corrected chi connectivity index (χ4v) is 17.3. The van der Waals surface area contributed by atoms with Gasteiger partial charge in [-0.05, 0) is 151 Å². The molecule has 12 heterocycles. The van der Waals surface area contributed by atoms with Gasteiger partial charge in [0.15, 0.2) is 46.5 Å². The number of methoxy groups -OCH3 is 4. The first kappa shape index (κ1) is 85.4. The van der Waals surface area contributed by atoms with Crippen LogP contribution in [0.1, 0.15) is 241 Å². The van der Waals surface area contributed by atoms with Crippen molar-refractivity contribution >= 4 is 111 Å². The van der Waals surface area contributed by atoms with E-state index in [1.807, 2.05) is 45.9 Å². The summed E-state index contributed by atoms with van der Waals surface area (Å²) in [4.78, 5) is 125. The van der Waals surface area contributed by atoms with Crippen LogP contribution in [0, 0.1) is 39.5 Å². The van der Waals surface area contributed by atoms with Crippen molar-refractivity contribution in [2.75, 3.05) is 72.2 Å². The van der Waals surface area contributed by atoms with E-state index in [-0.39, 0.29) is 122 Å². The number of aromatic nitrogens is 12. The van der Waals surface area contributed by atoms with Crippen LogP contribution < -0.4 is 114 Å². The van der Waals surface area contributed by atoms with Gasteiger partial charge in [-0.2, -0.15) is 0 Å². The molecule has 6 aliphatic carbocycles. The monoisotopic (exact) mass is 1630 g/mol. The maximum atomic E-state index is 12.7. The number of rotatable bonds is 14. The SMILES string of the molecule is COc1c(N)ncnc1NC(=O)C1CC1.COc1c(N)ncnc1Nc1cc(C)c2c(n1)C1(CCCCC1)NC2=O.COc1c(N)ncnc1Nc1cc(C)c2c(n1)C1(CCCCC1)NC2=O.COc1c(NC(=O)C2CC2)ncnc1Nc1cc(C)c2c(n1)C1(CCCCC1)NC2=O.Cc1cc(Cl)nc2c1C(=O)NC21CCCCC1.[Na+].[OH-]. The Hall–Kier alpha value is -11.0. The molecule has 6 saturated carbocycles. The van der Waals surface area contributed by atoms with Crippen molar-refractivity contribution < 1.29 is 82.7 Å². The van der Waals surface area contributed by atoms with Gasteiger partial charge in [0.1, 0.15) is 47.9 Å². The van der Waals surface area contributed by atoms with Gasteiger partial charge in [-0.25, -0.2) is 59.8 Å². The molecule has 8 aromatic rings. The third-order valence-corrected chi connectivity index (χ3v) is 23.2. The van der Waals surface area contributed by atoms with E-state index in [0.717, 1.165) is 179 Å². The van der Waals surface area contributed by atoms with Crippen LogP contribution in [0.3, 0.4) is 0 Å².